The maximum Gasteiger partial charge on any atom is 0.309 e. The van der Waals surface area contributed by atoms with Gasteiger partial charge in [0.1, 0.15) is 6.10 Å². The van der Waals surface area contributed by atoms with E-state index in [1.807, 2.05) is 26.2 Å². The van der Waals surface area contributed by atoms with Gasteiger partial charge in [-0.25, -0.2) is 0 Å². The number of ether oxygens (including phenoxy) is 7. The van der Waals surface area contributed by atoms with E-state index in [2.05, 4.69) is 108 Å². The normalized spacial score (nSPS) is 17.1. The van der Waals surface area contributed by atoms with E-state index in [1.165, 1.54) is 11.1 Å². The van der Waals surface area contributed by atoms with Crippen molar-refractivity contribution in [1.29, 1.82) is 0 Å². The minimum Gasteiger partial charge on any atom is -0.493 e. The van der Waals surface area contributed by atoms with Gasteiger partial charge in [0.2, 0.25) is 5.91 Å². The van der Waals surface area contributed by atoms with E-state index in [0.29, 0.717) is 61.9 Å². The molecule has 0 spiro atoms. The number of amides is 1. The Bertz CT molecular complexity index is 1630. The fourth-order valence-electron chi connectivity index (χ4n) is 7.82. The van der Waals surface area contributed by atoms with Gasteiger partial charge >= 0.3 is 5.97 Å². The van der Waals surface area contributed by atoms with E-state index < -0.39 is 0 Å². The minimum absolute atomic E-state index is 0.0157. The molecule has 0 N–H and O–H groups in total. The van der Waals surface area contributed by atoms with E-state index in [4.69, 9.17) is 33.2 Å². The second-order valence-corrected chi connectivity index (χ2v) is 19.8. The van der Waals surface area contributed by atoms with Crippen LogP contribution >= 0.6 is 15.9 Å². The number of allylic oxidation sites excluding steroid dienone is 2. The van der Waals surface area contributed by atoms with E-state index in [0.717, 1.165) is 74.4 Å². The molecule has 63 heavy (non-hydrogen) atoms. The Balaban J connectivity index is 0.000000434. The number of carbonyl (C=O) groups is 2. The van der Waals surface area contributed by atoms with Crippen LogP contribution in [0.3, 0.4) is 0 Å². The highest BCUT2D eigenvalue weighted by atomic mass is 79.9. The van der Waals surface area contributed by atoms with Crippen molar-refractivity contribution < 1.29 is 42.7 Å². The number of carbonyl (C=O) groups excluding carboxylic acids is 2. The molecule has 0 aromatic heterocycles. The number of rotatable bonds is 28. The lowest BCUT2D eigenvalue weighted by atomic mass is 9.83. The number of halogens is 1. The molecule has 1 saturated heterocycles. The molecule has 1 amide bonds. The summed E-state index contributed by atoms with van der Waals surface area (Å²) < 4.78 is 38.7. The lowest BCUT2D eigenvalue weighted by molar-refractivity contribution is -0.145. The molecule has 3 rings (SSSR count). The summed E-state index contributed by atoms with van der Waals surface area (Å²) in [5.41, 5.74) is 2.48. The first-order chi connectivity index (χ1) is 30.0. The van der Waals surface area contributed by atoms with Crippen LogP contribution in [-0.2, 0) is 36.6 Å². The number of esters is 1. The zero-order valence-electron chi connectivity index (χ0n) is 41.4. The summed E-state index contributed by atoms with van der Waals surface area (Å²) in [7, 11) is 10.4. The Kier molecular flexibility index (Phi) is 26.6. The average molecular weight is 947 g/mol. The van der Waals surface area contributed by atoms with E-state index in [1.54, 1.807) is 33.3 Å². The fourth-order valence-corrected chi connectivity index (χ4v) is 8.63. The van der Waals surface area contributed by atoms with Crippen molar-refractivity contribution in [2.24, 2.45) is 47.3 Å². The molecule has 0 saturated carbocycles. The van der Waals surface area contributed by atoms with Crippen molar-refractivity contribution in [3.8, 4) is 23.0 Å². The first-order valence-corrected chi connectivity index (χ1v) is 24.2. The second-order valence-electron chi connectivity index (χ2n) is 18.6. The van der Waals surface area contributed by atoms with Gasteiger partial charge in [0, 0.05) is 60.3 Å². The van der Waals surface area contributed by atoms with E-state index in [-0.39, 0.29) is 34.6 Å². The zero-order chi connectivity index (χ0) is 47.1. The molecule has 10 nitrogen and oxygen atoms in total. The van der Waals surface area contributed by atoms with Gasteiger partial charge < -0.3 is 38.1 Å². The van der Waals surface area contributed by atoms with Gasteiger partial charge in [-0.1, -0.05) is 95.6 Å². The molecule has 1 fully saturated rings. The molecule has 2 aromatic rings. The predicted molar refractivity (Wildman–Crippen MR) is 260 cm³/mol. The molecule has 6 atom stereocenters. The monoisotopic (exact) mass is 946 g/mol. The van der Waals surface area contributed by atoms with Crippen LogP contribution in [0.25, 0.3) is 0 Å². The summed E-state index contributed by atoms with van der Waals surface area (Å²) in [6.07, 6.45) is 11.5. The van der Waals surface area contributed by atoms with Crippen LogP contribution in [0.5, 0.6) is 23.0 Å². The second kappa shape index (κ2) is 30.0. The number of benzene rings is 2. The van der Waals surface area contributed by atoms with Crippen LogP contribution in [0, 0.1) is 47.3 Å². The molecule has 358 valence electrons. The number of alkyl halides is 1. The predicted octanol–water partition coefficient (Wildman–Crippen LogP) is 11.3. The molecule has 11 heteroatoms. The fraction of sp³-hybridized carbons (Fsp3) is 0.692. The van der Waals surface area contributed by atoms with Crippen LogP contribution < -0.4 is 18.9 Å². The molecule has 2 unspecified atom stereocenters. The van der Waals surface area contributed by atoms with Crippen molar-refractivity contribution >= 4 is 27.8 Å². The summed E-state index contributed by atoms with van der Waals surface area (Å²) in [4.78, 5) is 26.5. The Hall–Kier alpha value is -3.28. The first-order valence-electron chi connectivity index (χ1n) is 23.3. The SMILES string of the molecule is COCCCOc1cc(C[C@@H](C/C=C/C[C@H](C(=O)N(C)C)C(C)C)C(C)C)ccc1OC.COCCCOc1cc(C[C@@H](CC(Br)C2C[C@@H](C(C)C)C(=O)O2)C(C)C)ccc1OC. The van der Waals surface area contributed by atoms with Crippen molar-refractivity contribution in [2.75, 3.05) is 69.0 Å². The van der Waals surface area contributed by atoms with Gasteiger partial charge in [0.05, 0.1) is 38.2 Å². The Morgan fingerprint density at radius 1 is 0.714 bits per heavy atom. The van der Waals surface area contributed by atoms with Crippen LogP contribution in [0.15, 0.2) is 48.6 Å². The number of hydrogen-bond donors (Lipinski definition) is 0. The summed E-state index contributed by atoms with van der Waals surface area (Å²) in [6.45, 7) is 20.0. The van der Waals surface area contributed by atoms with Gasteiger partial charge in [0.25, 0.3) is 0 Å². The molecule has 0 radical (unpaired) electrons. The smallest absolute Gasteiger partial charge is 0.309 e. The molecule has 2 aromatic carbocycles. The quantitative estimate of drug-likeness (QED) is 0.0357. The first kappa shape index (κ1) is 55.9. The van der Waals surface area contributed by atoms with Crippen molar-refractivity contribution in [3.63, 3.8) is 0 Å². The number of methoxy groups -OCH3 is 4. The summed E-state index contributed by atoms with van der Waals surface area (Å²) in [6, 6.07) is 12.4. The van der Waals surface area contributed by atoms with E-state index in [9.17, 15) is 9.59 Å². The molecule has 1 aliphatic rings. The van der Waals surface area contributed by atoms with Crippen LogP contribution in [0.1, 0.15) is 105 Å². The van der Waals surface area contributed by atoms with Gasteiger partial charge in [-0.15, -0.1) is 0 Å². The molecule has 0 aliphatic carbocycles. The number of nitrogens with zero attached hydrogens (tertiary/aromatic N) is 1. The summed E-state index contributed by atoms with van der Waals surface area (Å²) >= 11 is 3.84. The van der Waals surface area contributed by atoms with E-state index >= 15 is 0 Å². The highest BCUT2D eigenvalue weighted by molar-refractivity contribution is 9.09. The molecular weight excluding hydrogens is 862 g/mol. The van der Waals surface area contributed by atoms with Gasteiger partial charge in [0.15, 0.2) is 23.0 Å². The zero-order valence-corrected chi connectivity index (χ0v) is 43.0. The number of hydrogen-bond acceptors (Lipinski definition) is 9. The van der Waals surface area contributed by atoms with Crippen LogP contribution in [-0.4, -0.2) is 96.7 Å². The lowest BCUT2D eigenvalue weighted by Gasteiger charge is -2.26. The summed E-state index contributed by atoms with van der Waals surface area (Å²) in [5.74, 6) is 5.98. The third kappa shape index (κ3) is 19.8. The van der Waals surface area contributed by atoms with Crippen LogP contribution in [0.4, 0.5) is 0 Å². The third-order valence-corrected chi connectivity index (χ3v) is 13.2. The summed E-state index contributed by atoms with van der Waals surface area (Å²) in [5, 5.41) is 0. The van der Waals surface area contributed by atoms with Crippen molar-refractivity contribution in [2.45, 2.75) is 118 Å². The molecular formula is C52H84BrNO9. The standard InChI is InChI=1S/C27H45NO4.C25H39BrO5/c1-20(2)23(12-9-10-13-24(21(3)4)27(29)28(5)6)18-22-14-15-25(31-8)26(19-22)32-17-11-16-30-7;1-16(2)19(14-21(26)23-15-20(17(3)4)25(27)31-23)12-18-8-9-22(29-6)24(13-18)30-11-7-10-28-5/h9-10,14-15,19-21,23-24H,11-13,16-18H2,1-8H3;8-9,13,16-17,19-21,23H,7,10-12,14-15H2,1-6H3/b10-9+;/t23-,24+;19-,20-,21?,23?/m10/s1. The average Bonchev–Trinajstić information content (AvgIpc) is 3.65. The maximum atomic E-state index is 12.4. The third-order valence-electron chi connectivity index (χ3n) is 12.2. The lowest BCUT2D eigenvalue weighted by Crippen LogP contribution is -2.32. The topological polar surface area (TPSA) is 102 Å². The Labute approximate surface area is 390 Å². The highest BCUT2D eigenvalue weighted by Crippen LogP contribution is 2.37. The largest absolute Gasteiger partial charge is 0.493 e. The van der Waals surface area contributed by atoms with Crippen molar-refractivity contribution in [3.05, 3.63) is 59.7 Å². The van der Waals surface area contributed by atoms with Gasteiger partial charge in [-0.2, -0.15) is 0 Å². The Morgan fingerprint density at radius 2 is 1.21 bits per heavy atom. The Morgan fingerprint density at radius 3 is 1.62 bits per heavy atom. The van der Waals surface area contributed by atoms with Gasteiger partial charge in [-0.05, 0) is 109 Å². The van der Waals surface area contributed by atoms with Crippen molar-refractivity contribution in [1.82, 2.24) is 4.90 Å². The maximum absolute atomic E-state index is 12.4. The highest BCUT2D eigenvalue weighted by Gasteiger charge is 2.40. The molecule has 1 aliphatic heterocycles. The minimum atomic E-state index is -0.0454. The molecule has 0 bridgehead atoms. The van der Waals surface area contributed by atoms with Gasteiger partial charge in [-0.3, -0.25) is 9.59 Å². The number of cyclic esters (lactones) is 1. The molecule has 1 heterocycles. The van der Waals surface area contributed by atoms with Crippen LogP contribution in [0.2, 0.25) is 0 Å².